The standard InChI is InChI=1S/C21H29N3O3/c1-16(2)19(25)22-10-8-18(9-11-22)21(27)24-14-12-23(13-15-24)20(26)17-6-4-3-5-7-17/h3-7,16,18H,8-15H2,1-2H3. The van der Waals surface area contributed by atoms with Gasteiger partial charge in [0.15, 0.2) is 0 Å². The van der Waals surface area contributed by atoms with Gasteiger partial charge < -0.3 is 14.7 Å². The molecule has 6 heteroatoms. The molecule has 1 aromatic rings. The first-order valence-corrected chi connectivity index (χ1v) is 9.89. The van der Waals surface area contributed by atoms with Crippen LogP contribution >= 0.6 is 0 Å². The Balaban J connectivity index is 1.48. The highest BCUT2D eigenvalue weighted by atomic mass is 16.2. The summed E-state index contributed by atoms with van der Waals surface area (Å²) in [6.45, 7) is 7.48. The number of carbonyl (C=O) groups is 3. The highest BCUT2D eigenvalue weighted by molar-refractivity contribution is 5.94. The molecule has 27 heavy (non-hydrogen) atoms. The molecule has 2 fully saturated rings. The van der Waals surface area contributed by atoms with Gasteiger partial charge in [-0.05, 0) is 25.0 Å². The molecule has 0 saturated carbocycles. The van der Waals surface area contributed by atoms with E-state index < -0.39 is 0 Å². The van der Waals surface area contributed by atoms with Crippen LogP contribution in [0.5, 0.6) is 0 Å². The summed E-state index contributed by atoms with van der Waals surface area (Å²) in [5, 5.41) is 0. The van der Waals surface area contributed by atoms with E-state index in [9.17, 15) is 14.4 Å². The number of hydrogen-bond donors (Lipinski definition) is 0. The molecule has 0 bridgehead atoms. The molecule has 6 nitrogen and oxygen atoms in total. The molecule has 0 radical (unpaired) electrons. The minimum absolute atomic E-state index is 0.00223. The molecule has 146 valence electrons. The van der Waals surface area contributed by atoms with Crippen molar-refractivity contribution in [1.82, 2.24) is 14.7 Å². The number of amides is 3. The average molecular weight is 371 g/mol. The summed E-state index contributed by atoms with van der Waals surface area (Å²) in [4.78, 5) is 43.0. The molecule has 2 heterocycles. The number of hydrogen-bond acceptors (Lipinski definition) is 3. The van der Waals surface area contributed by atoms with Crippen molar-refractivity contribution in [2.45, 2.75) is 26.7 Å². The van der Waals surface area contributed by atoms with Gasteiger partial charge in [0.2, 0.25) is 11.8 Å². The smallest absolute Gasteiger partial charge is 0.253 e. The van der Waals surface area contributed by atoms with Crippen LogP contribution in [0.4, 0.5) is 0 Å². The van der Waals surface area contributed by atoms with Crippen molar-refractivity contribution in [3.63, 3.8) is 0 Å². The molecule has 0 atom stereocenters. The Morgan fingerprint density at radius 1 is 0.815 bits per heavy atom. The van der Waals surface area contributed by atoms with E-state index in [4.69, 9.17) is 0 Å². The topological polar surface area (TPSA) is 60.9 Å². The lowest BCUT2D eigenvalue weighted by atomic mass is 9.94. The number of rotatable bonds is 3. The summed E-state index contributed by atoms with van der Waals surface area (Å²) in [5.74, 6) is 0.390. The third-order valence-electron chi connectivity index (χ3n) is 5.55. The minimum atomic E-state index is -0.00223. The molecular weight excluding hydrogens is 342 g/mol. The van der Waals surface area contributed by atoms with Crippen molar-refractivity contribution in [3.8, 4) is 0 Å². The Kier molecular flexibility index (Phi) is 6.14. The summed E-state index contributed by atoms with van der Waals surface area (Å²) < 4.78 is 0. The number of nitrogens with zero attached hydrogens (tertiary/aromatic N) is 3. The number of benzene rings is 1. The van der Waals surface area contributed by atoms with Crippen molar-refractivity contribution in [3.05, 3.63) is 35.9 Å². The summed E-state index contributed by atoms with van der Waals surface area (Å²) in [7, 11) is 0. The second-order valence-corrected chi connectivity index (χ2v) is 7.74. The van der Waals surface area contributed by atoms with E-state index in [0.717, 1.165) is 12.8 Å². The fraction of sp³-hybridized carbons (Fsp3) is 0.571. The molecule has 0 aliphatic carbocycles. The van der Waals surface area contributed by atoms with Crippen molar-refractivity contribution in [2.75, 3.05) is 39.3 Å². The molecule has 3 amide bonds. The molecule has 2 saturated heterocycles. The minimum Gasteiger partial charge on any atom is -0.342 e. The molecule has 0 spiro atoms. The number of piperazine rings is 1. The predicted molar refractivity (Wildman–Crippen MR) is 103 cm³/mol. The van der Waals surface area contributed by atoms with Crippen LogP contribution in [-0.4, -0.2) is 71.7 Å². The summed E-state index contributed by atoms with van der Waals surface area (Å²) in [6.07, 6.45) is 1.47. The number of piperidine rings is 1. The third kappa shape index (κ3) is 4.49. The van der Waals surface area contributed by atoms with Gasteiger partial charge in [-0.15, -0.1) is 0 Å². The van der Waals surface area contributed by atoms with E-state index in [1.807, 2.05) is 58.9 Å². The van der Waals surface area contributed by atoms with Gasteiger partial charge in [-0.25, -0.2) is 0 Å². The average Bonchev–Trinajstić information content (AvgIpc) is 2.73. The number of likely N-dealkylation sites (tertiary alicyclic amines) is 1. The Hall–Kier alpha value is -2.37. The lowest BCUT2D eigenvalue weighted by Gasteiger charge is -2.39. The fourth-order valence-electron chi connectivity index (χ4n) is 3.86. The molecule has 3 rings (SSSR count). The zero-order chi connectivity index (χ0) is 19.4. The maximum Gasteiger partial charge on any atom is 0.253 e. The fourth-order valence-corrected chi connectivity index (χ4v) is 3.86. The van der Waals surface area contributed by atoms with E-state index in [1.165, 1.54) is 0 Å². The quantitative estimate of drug-likeness (QED) is 0.815. The predicted octanol–water partition coefficient (Wildman–Crippen LogP) is 1.87. The van der Waals surface area contributed by atoms with Crippen LogP contribution in [0.1, 0.15) is 37.0 Å². The normalized spacial score (nSPS) is 18.7. The number of carbonyl (C=O) groups excluding carboxylic acids is 3. The van der Waals surface area contributed by atoms with Crippen molar-refractivity contribution in [2.24, 2.45) is 11.8 Å². The van der Waals surface area contributed by atoms with Gasteiger partial charge in [-0.1, -0.05) is 32.0 Å². The Morgan fingerprint density at radius 2 is 1.37 bits per heavy atom. The summed E-state index contributed by atoms with van der Waals surface area (Å²) in [6, 6.07) is 9.28. The molecule has 0 aromatic heterocycles. The van der Waals surface area contributed by atoms with Gasteiger partial charge in [0.1, 0.15) is 0 Å². The van der Waals surface area contributed by atoms with Crippen molar-refractivity contribution in [1.29, 1.82) is 0 Å². The van der Waals surface area contributed by atoms with Crippen molar-refractivity contribution >= 4 is 17.7 Å². The Bertz CT molecular complexity index is 673. The molecule has 1 aromatic carbocycles. The van der Waals surface area contributed by atoms with Crippen LogP contribution in [-0.2, 0) is 9.59 Å². The van der Waals surface area contributed by atoms with Crippen molar-refractivity contribution < 1.29 is 14.4 Å². The van der Waals surface area contributed by atoms with Gasteiger partial charge in [-0.2, -0.15) is 0 Å². The van der Waals surface area contributed by atoms with Gasteiger partial charge in [0.25, 0.3) is 5.91 Å². The monoisotopic (exact) mass is 371 g/mol. The van der Waals surface area contributed by atoms with Crippen LogP contribution in [0.2, 0.25) is 0 Å². The van der Waals surface area contributed by atoms with E-state index in [0.29, 0.717) is 44.8 Å². The first-order chi connectivity index (χ1) is 13.0. The third-order valence-corrected chi connectivity index (χ3v) is 5.55. The first-order valence-electron chi connectivity index (χ1n) is 9.89. The van der Waals surface area contributed by atoms with Crippen LogP contribution in [0, 0.1) is 11.8 Å². The Morgan fingerprint density at radius 3 is 1.93 bits per heavy atom. The zero-order valence-electron chi connectivity index (χ0n) is 16.3. The zero-order valence-corrected chi connectivity index (χ0v) is 16.3. The second-order valence-electron chi connectivity index (χ2n) is 7.74. The molecule has 2 aliphatic rings. The highest BCUT2D eigenvalue weighted by Gasteiger charge is 2.32. The van der Waals surface area contributed by atoms with Gasteiger partial charge in [0.05, 0.1) is 0 Å². The van der Waals surface area contributed by atoms with Crippen LogP contribution in [0.25, 0.3) is 0 Å². The molecule has 2 aliphatic heterocycles. The van der Waals surface area contributed by atoms with Crippen LogP contribution < -0.4 is 0 Å². The summed E-state index contributed by atoms with van der Waals surface area (Å²) >= 11 is 0. The Labute approximate surface area is 161 Å². The van der Waals surface area contributed by atoms with E-state index in [1.54, 1.807) is 0 Å². The lowest BCUT2D eigenvalue weighted by Crippen LogP contribution is -2.53. The van der Waals surface area contributed by atoms with Crippen LogP contribution in [0.15, 0.2) is 30.3 Å². The van der Waals surface area contributed by atoms with Crippen LogP contribution in [0.3, 0.4) is 0 Å². The maximum atomic E-state index is 12.8. The molecule has 0 unspecified atom stereocenters. The van der Waals surface area contributed by atoms with Gasteiger partial charge in [0, 0.05) is 56.7 Å². The van der Waals surface area contributed by atoms with E-state index in [2.05, 4.69) is 0 Å². The highest BCUT2D eigenvalue weighted by Crippen LogP contribution is 2.22. The van der Waals surface area contributed by atoms with Gasteiger partial charge in [-0.3, -0.25) is 14.4 Å². The molecular formula is C21H29N3O3. The largest absolute Gasteiger partial charge is 0.342 e. The SMILES string of the molecule is CC(C)C(=O)N1CCC(C(=O)N2CCN(C(=O)c3ccccc3)CC2)CC1. The molecule has 0 N–H and O–H groups in total. The lowest BCUT2D eigenvalue weighted by molar-refractivity contribution is -0.143. The first kappa shape index (κ1) is 19.4. The second kappa shape index (κ2) is 8.55. The van der Waals surface area contributed by atoms with Gasteiger partial charge >= 0.3 is 0 Å². The summed E-state index contributed by atoms with van der Waals surface area (Å²) in [5.41, 5.74) is 0.694. The maximum absolute atomic E-state index is 12.8. The van der Waals surface area contributed by atoms with E-state index >= 15 is 0 Å². The van der Waals surface area contributed by atoms with E-state index in [-0.39, 0.29) is 29.6 Å².